The molecule has 1 heterocycles. The topological polar surface area (TPSA) is 59.6 Å². The molecular formula is C12H15ClN2O3. The number of amides is 1. The average molecular weight is 271 g/mol. The van der Waals surface area contributed by atoms with E-state index in [1.807, 2.05) is 0 Å². The maximum atomic E-state index is 11.7. The second-order valence-corrected chi connectivity index (χ2v) is 4.33. The van der Waals surface area contributed by atoms with E-state index in [9.17, 15) is 4.79 Å². The van der Waals surface area contributed by atoms with E-state index in [0.717, 1.165) is 18.7 Å². The van der Waals surface area contributed by atoms with Gasteiger partial charge in [0.2, 0.25) is 0 Å². The largest absolute Gasteiger partial charge is 0.470 e. The highest BCUT2D eigenvalue weighted by atomic mass is 35.5. The molecule has 0 unspecified atom stereocenters. The first kappa shape index (κ1) is 13.0. The summed E-state index contributed by atoms with van der Waals surface area (Å²) in [4.78, 5) is 11.7. The third kappa shape index (κ3) is 2.86. The number of methoxy groups -OCH3 is 1. The molecule has 0 saturated carbocycles. The maximum absolute atomic E-state index is 11.7. The second-order valence-electron chi connectivity index (χ2n) is 3.90. The van der Waals surface area contributed by atoms with Crippen LogP contribution in [-0.2, 0) is 4.74 Å². The van der Waals surface area contributed by atoms with Gasteiger partial charge in [-0.15, -0.1) is 0 Å². The van der Waals surface area contributed by atoms with Crippen LogP contribution in [0.4, 0.5) is 5.69 Å². The van der Waals surface area contributed by atoms with E-state index >= 15 is 0 Å². The van der Waals surface area contributed by atoms with E-state index in [0.29, 0.717) is 22.9 Å². The summed E-state index contributed by atoms with van der Waals surface area (Å²) in [6.07, 6.45) is 0.865. The number of hydrogen-bond acceptors (Lipinski definition) is 4. The number of halogens is 1. The Morgan fingerprint density at radius 1 is 1.56 bits per heavy atom. The summed E-state index contributed by atoms with van der Waals surface area (Å²) in [5.41, 5.74) is 1.20. The summed E-state index contributed by atoms with van der Waals surface area (Å²) in [6, 6.07) is 3.36. The molecule has 2 N–H and O–H groups in total. The summed E-state index contributed by atoms with van der Waals surface area (Å²) in [6.45, 7) is 1.59. The van der Waals surface area contributed by atoms with Crippen LogP contribution in [-0.4, -0.2) is 32.9 Å². The summed E-state index contributed by atoms with van der Waals surface area (Å²) >= 11 is 5.99. The first-order valence-electron chi connectivity index (χ1n) is 5.69. The predicted molar refractivity (Wildman–Crippen MR) is 69.4 cm³/mol. The van der Waals surface area contributed by atoms with E-state index in [-0.39, 0.29) is 12.6 Å². The highest BCUT2D eigenvalue weighted by Gasteiger charge is 2.21. The third-order valence-electron chi connectivity index (χ3n) is 2.59. The van der Waals surface area contributed by atoms with Crippen LogP contribution in [0.25, 0.3) is 0 Å². The van der Waals surface area contributed by atoms with E-state index in [1.165, 1.54) is 0 Å². The van der Waals surface area contributed by atoms with Gasteiger partial charge in [-0.05, 0) is 18.6 Å². The molecule has 1 aliphatic rings. The zero-order valence-corrected chi connectivity index (χ0v) is 10.8. The minimum absolute atomic E-state index is 0.168. The SMILES string of the molecule is COCCCNc1cc(Cl)cc2c1OCNC2=O. The standard InChI is InChI=1S/C12H15ClN2O3/c1-17-4-2-3-14-10-6-8(13)5-9-11(10)18-7-15-12(9)16/h5-6,14H,2-4,7H2,1H3,(H,15,16). The zero-order valence-electron chi connectivity index (χ0n) is 10.1. The molecule has 0 saturated heterocycles. The van der Waals surface area contributed by atoms with Gasteiger partial charge in [0, 0.05) is 25.3 Å². The van der Waals surface area contributed by atoms with Crippen LogP contribution in [0, 0.1) is 0 Å². The average Bonchev–Trinajstić information content (AvgIpc) is 2.36. The van der Waals surface area contributed by atoms with Crippen LogP contribution < -0.4 is 15.4 Å². The molecule has 6 heteroatoms. The Kier molecular flexibility index (Phi) is 4.28. The molecule has 0 atom stereocenters. The van der Waals surface area contributed by atoms with Crippen molar-refractivity contribution in [3.05, 3.63) is 22.7 Å². The molecule has 5 nitrogen and oxygen atoms in total. The van der Waals surface area contributed by atoms with Crippen molar-refractivity contribution in [3.8, 4) is 5.75 Å². The first-order chi connectivity index (χ1) is 8.72. The monoisotopic (exact) mass is 270 g/mol. The lowest BCUT2D eigenvalue weighted by atomic mass is 10.1. The highest BCUT2D eigenvalue weighted by Crippen LogP contribution is 2.34. The van der Waals surface area contributed by atoms with Crippen molar-refractivity contribution in [2.24, 2.45) is 0 Å². The molecule has 0 spiro atoms. The summed E-state index contributed by atoms with van der Waals surface area (Å²) < 4.78 is 10.4. The van der Waals surface area contributed by atoms with E-state index in [2.05, 4.69) is 10.6 Å². The number of benzene rings is 1. The van der Waals surface area contributed by atoms with Crippen LogP contribution in [0.3, 0.4) is 0 Å². The predicted octanol–water partition coefficient (Wildman–Crippen LogP) is 1.87. The molecule has 1 aliphatic heterocycles. The van der Waals surface area contributed by atoms with Gasteiger partial charge in [-0.1, -0.05) is 11.6 Å². The number of ether oxygens (including phenoxy) is 2. The number of rotatable bonds is 5. The Hall–Kier alpha value is -1.46. The lowest BCUT2D eigenvalue weighted by Crippen LogP contribution is -2.33. The van der Waals surface area contributed by atoms with Crippen molar-refractivity contribution >= 4 is 23.2 Å². The number of hydrogen-bond donors (Lipinski definition) is 2. The van der Waals surface area contributed by atoms with Crippen LogP contribution in [0.2, 0.25) is 5.02 Å². The molecule has 0 fully saturated rings. The minimum atomic E-state index is -0.168. The Balaban J connectivity index is 2.16. The fourth-order valence-corrected chi connectivity index (χ4v) is 1.98. The normalized spacial score (nSPS) is 13.6. The number of nitrogens with one attached hydrogen (secondary N) is 2. The van der Waals surface area contributed by atoms with Crippen molar-refractivity contribution in [1.82, 2.24) is 5.32 Å². The Morgan fingerprint density at radius 2 is 2.39 bits per heavy atom. The van der Waals surface area contributed by atoms with Crippen molar-refractivity contribution in [3.63, 3.8) is 0 Å². The van der Waals surface area contributed by atoms with Gasteiger partial charge in [-0.25, -0.2) is 0 Å². The molecule has 1 amide bonds. The number of carbonyl (C=O) groups excluding carboxylic acids is 1. The number of anilines is 1. The fraction of sp³-hybridized carbons (Fsp3) is 0.417. The van der Waals surface area contributed by atoms with E-state index in [4.69, 9.17) is 21.1 Å². The quantitative estimate of drug-likeness (QED) is 0.802. The molecular weight excluding hydrogens is 256 g/mol. The number of fused-ring (bicyclic) bond motifs is 1. The third-order valence-corrected chi connectivity index (χ3v) is 2.81. The van der Waals surface area contributed by atoms with Gasteiger partial charge in [-0.3, -0.25) is 4.79 Å². The summed E-state index contributed by atoms with van der Waals surface area (Å²) in [7, 11) is 1.66. The van der Waals surface area contributed by atoms with Gasteiger partial charge in [0.15, 0.2) is 12.5 Å². The van der Waals surface area contributed by atoms with Crippen molar-refractivity contribution < 1.29 is 14.3 Å². The smallest absolute Gasteiger partial charge is 0.257 e. The van der Waals surface area contributed by atoms with Crippen LogP contribution in [0.5, 0.6) is 5.75 Å². The molecule has 98 valence electrons. The van der Waals surface area contributed by atoms with Crippen LogP contribution >= 0.6 is 11.6 Å². The van der Waals surface area contributed by atoms with Crippen molar-refractivity contribution in [1.29, 1.82) is 0 Å². The lowest BCUT2D eigenvalue weighted by Gasteiger charge is -2.21. The van der Waals surface area contributed by atoms with E-state index in [1.54, 1.807) is 19.2 Å². The van der Waals surface area contributed by atoms with Crippen molar-refractivity contribution in [2.75, 3.05) is 32.3 Å². The maximum Gasteiger partial charge on any atom is 0.257 e. The van der Waals surface area contributed by atoms with Gasteiger partial charge in [0.1, 0.15) is 0 Å². The molecule has 1 aromatic rings. The minimum Gasteiger partial charge on any atom is -0.470 e. The van der Waals surface area contributed by atoms with Crippen LogP contribution in [0.1, 0.15) is 16.8 Å². The zero-order chi connectivity index (χ0) is 13.0. The molecule has 0 radical (unpaired) electrons. The Morgan fingerprint density at radius 3 is 3.17 bits per heavy atom. The number of carbonyl (C=O) groups is 1. The molecule has 18 heavy (non-hydrogen) atoms. The molecule has 1 aromatic carbocycles. The van der Waals surface area contributed by atoms with Gasteiger partial charge in [0.05, 0.1) is 11.3 Å². The van der Waals surface area contributed by atoms with Gasteiger partial charge < -0.3 is 20.1 Å². The Labute approximate surface area is 110 Å². The highest BCUT2D eigenvalue weighted by molar-refractivity contribution is 6.31. The Bertz CT molecular complexity index is 451. The first-order valence-corrected chi connectivity index (χ1v) is 6.07. The lowest BCUT2D eigenvalue weighted by molar-refractivity contribution is 0.0884. The van der Waals surface area contributed by atoms with Gasteiger partial charge in [-0.2, -0.15) is 0 Å². The summed E-state index contributed by atoms with van der Waals surface area (Å²) in [5.74, 6) is 0.388. The second kappa shape index (κ2) is 5.93. The van der Waals surface area contributed by atoms with Gasteiger partial charge in [0.25, 0.3) is 5.91 Å². The summed E-state index contributed by atoms with van der Waals surface area (Å²) in [5, 5.41) is 6.30. The fourth-order valence-electron chi connectivity index (χ4n) is 1.76. The van der Waals surface area contributed by atoms with Crippen molar-refractivity contribution in [2.45, 2.75) is 6.42 Å². The van der Waals surface area contributed by atoms with Crippen LogP contribution in [0.15, 0.2) is 12.1 Å². The molecule has 0 aliphatic carbocycles. The van der Waals surface area contributed by atoms with Gasteiger partial charge >= 0.3 is 0 Å². The molecule has 2 rings (SSSR count). The molecule has 0 aromatic heterocycles. The molecule has 0 bridgehead atoms. The van der Waals surface area contributed by atoms with E-state index < -0.39 is 0 Å².